The molecular weight excluding hydrogens is 394 g/mol. The molecular formula is C24H31N3O2S. The van der Waals surface area contributed by atoms with Gasteiger partial charge in [-0.15, -0.1) is 11.3 Å². The van der Waals surface area contributed by atoms with Crippen LogP contribution in [-0.2, 0) is 4.79 Å². The van der Waals surface area contributed by atoms with Crippen molar-refractivity contribution in [3.05, 3.63) is 46.2 Å². The summed E-state index contributed by atoms with van der Waals surface area (Å²) >= 11 is 1.57. The van der Waals surface area contributed by atoms with Gasteiger partial charge in [-0.3, -0.25) is 4.79 Å². The smallest absolute Gasteiger partial charge is 0.170 e. The van der Waals surface area contributed by atoms with Gasteiger partial charge in [0.15, 0.2) is 5.78 Å². The fraction of sp³-hybridized carbons (Fsp3) is 0.500. The lowest BCUT2D eigenvalue weighted by molar-refractivity contribution is -0.122. The number of likely N-dealkylation sites (tertiary alicyclic amines) is 1. The van der Waals surface area contributed by atoms with Gasteiger partial charge in [0.1, 0.15) is 18.2 Å². The summed E-state index contributed by atoms with van der Waals surface area (Å²) in [6.07, 6.45) is 5.40. The zero-order valence-corrected chi connectivity index (χ0v) is 18.7. The summed E-state index contributed by atoms with van der Waals surface area (Å²) < 4.78 is 5.90. The molecule has 1 saturated heterocycles. The maximum atomic E-state index is 12.5. The molecule has 1 aromatic carbocycles. The Labute approximate surface area is 182 Å². The normalized spacial score (nSPS) is 25.5. The number of hydrogen-bond acceptors (Lipinski definition) is 5. The van der Waals surface area contributed by atoms with E-state index >= 15 is 0 Å². The lowest BCUT2D eigenvalue weighted by atomic mass is 9.79. The zero-order valence-electron chi connectivity index (χ0n) is 17.8. The van der Waals surface area contributed by atoms with Crippen molar-refractivity contribution in [1.29, 1.82) is 0 Å². The van der Waals surface area contributed by atoms with Gasteiger partial charge in [-0.25, -0.2) is 4.99 Å². The Kier molecular flexibility index (Phi) is 6.54. The van der Waals surface area contributed by atoms with Crippen LogP contribution < -0.4 is 10.5 Å². The summed E-state index contributed by atoms with van der Waals surface area (Å²) in [4.78, 5) is 20.5. The highest BCUT2D eigenvalue weighted by Gasteiger charge is 2.29. The quantitative estimate of drug-likeness (QED) is 0.555. The van der Waals surface area contributed by atoms with Crippen LogP contribution in [0.15, 0.2) is 40.7 Å². The molecule has 5 nitrogen and oxygen atoms in total. The third kappa shape index (κ3) is 4.76. The number of nitrogens with two attached hydrogens (primary N) is 1. The molecule has 160 valence electrons. The molecule has 0 spiro atoms. The molecule has 6 heteroatoms. The average molecular weight is 426 g/mol. The number of ketones is 1. The number of rotatable bonds is 5. The zero-order chi connectivity index (χ0) is 21.1. The minimum Gasteiger partial charge on any atom is -0.485 e. The molecule has 0 amide bonds. The van der Waals surface area contributed by atoms with E-state index in [-0.39, 0.29) is 18.3 Å². The van der Waals surface area contributed by atoms with E-state index in [9.17, 15) is 4.79 Å². The van der Waals surface area contributed by atoms with E-state index < -0.39 is 0 Å². The largest absolute Gasteiger partial charge is 0.485 e. The van der Waals surface area contributed by atoms with Crippen LogP contribution in [0.2, 0.25) is 0 Å². The van der Waals surface area contributed by atoms with Gasteiger partial charge >= 0.3 is 0 Å². The van der Waals surface area contributed by atoms with E-state index in [2.05, 4.69) is 29.9 Å². The molecule has 2 aliphatic heterocycles. The number of amidine groups is 1. The summed E-state index contributed by atoms with van der Waals surface area (Å²) in [6, 6.07) is 10.6. The highest BCUT2D eigenvalue weighted by Crippen LogP contribution is 2.40. The van der Waals surface area contributed by atoms with E-state index in [1.807, 2.05) is 29.6 Å². The third-order valence-corrected chi connectivity index (χ3v) is 7.53. The number of thiophene rings is 1. The van der Waals surface area contributed by atoms with Gasteiger partial charge in [0.05, 0.1) is 10.6 Å². The van der Waals surface area contributed by atoms with Crippen LogP contribution in [0.3, 0.4) is 0 Å². The SMILES string of the molecule is CC1c2ccc(N=C(N)c3cccs3)cc2OCC(=O)CC1CCC1CCCN1C. The van der Waals surface area contributed by atoms with Gasteiger partial charge in [0.2, 0.25) is 0 Å². The first-order chi connectivity index (χ1) is 14.5. The molecule has 4 rings (SSSR count). The molecule has 0 bridgehead atoms. The Morgan fingerprint density at radius 2 is 2.20 bits per heavy atom. The van der Waals surface area contributed by atoms with E-state index in [4.69, 9.17) is 10.5 Å². The number of benzene rings is 1. The Bertz CT molecular complexity index is 909. The van der Waals surface area contributed by atoms with Crippen molar-refractivity contribution in [3.8, 4) is 5.75 Å². The third-order valence-electron chi connectivity index (χ3n) is 6.64. The van der Waals surface area contributed by atoms with Crippen molar-refractivity contribution >= 4 is 28.6 Å². The highest BCUT2D eigenvalue weighted by atomic mass is 32.1. The second-order valence-electron chi connectivity index (χ2n) is 8.63. The molecule has 1 aromatic heterocycles. The number of Topliss-reactive ketones (excluding diaryl/α,β-unsaturated/α-hetero) is 1. The standard InChI is InChI=1S/C24H31N3O2S/c1-16-17(7-9-19-5-3-11-27(19)2)13-20(28)15-29-22-14-18(8-10-21(16)22)26-24(25)23-6-4-12-30-23/h4,6,8,10,12,14,16-17,19H,3,5,7,9,11,13,15H2,1-2H3,(H2,25,26). The lowest BCUT2D eigenvalue weighted by Gasteiger charge is -2.30. The van der Waals surface area contributed by atoms with Crippen LogP contribution in [0.4, 0.5) is 5.69 Å². The van der Waals surface area contributed by atoms with Crippen LogP contribution in [0.1, 0.15) is 55.4 Å². The first kappa shape index (κ1) is 21.1. The molecule has 3 unspecified atom stereocenters. The Morgan fingerprint density at radius 3 is 2.93 bits per heavy atom. The minimum absolute atomic E-state index is 0.132. The lowest BCUT2D eigenvalue weighted by Crippen LogP contribution is -2.28. The molecule has 0 saturated carbocycles. The van der Waals surface area contributed by atoms with Crippen molar-refractivity contribution in [2.24, 2.45) is 16.6 Å². The molecule has 3 atom stereocenters. The van der Waals surface area contributed by atoms with Gasteiger partial charge in [-0.05, 0) is 74.2 Å². The van der Waals surface area contributed by atoms with Crippen molar-refractivity contribution in [2.45, 2.75) is 51.0 Å². The Morgan fingerprint density at radius 1 is 1.33 bits per heavy atom. The Hall–Kier alpha value is -2.18. The molecule has 2 aliphatic rings. The van der Waals surface area contributed by atoms with Crippen molar-refractivity contribution in [3.63, 3.8) is 0 Å². The minimum atomic E-state index is 0.132. The van der Waals surface area contributed by atoms with Crippen molar-refractivity contribution < 1.29 is 9.53 Å². The van der Waals surface area contributed by atoms with Crippen molar-refractivity contribution in [2.75, 3.05) is 20.2 Å². The molecule has 1 fully saturated rings. The molecule has 2 aromatic rings. The second kappa shape index (κ2) is 9.31. The molecule has 0 radical (unpaired) electrons. The average Bonchev–Trinajstić information content (AvgIpc) is 3.40. The van der Waals surface area contributed by atoms with E-state index in [1.165, 1.54) is 24.9 Å². The Balaban J connectivity index is 1.54. The summed E-state index contributed by atoms with van der Waals surface area (Å²) in [5.41, 5.74) is 8.07. The second-order valence-corrected chi connectivity index (χ2v) is 9.58. The van der Waals surface area contributed by atoms with E-state index in [0.29, 0.717) is 24.2 Å². The number of carbonyl (C=O) groups is 1. The van der Waals surface area contributed by atoms with Crippen LogP contribution >= 0.6 is 11.3 Å². The predicted molar refractivity (Wildman–Crippen MR) is 123 cm³/mol. The number of nitrogens with zero attached hydrogens (tertiary/aromatic N) is 2. The molecule has 3 heterocycles. The first-order valence-corrected chi connectivity index (χ1v) is 11.8. The number of ether oxygens (including phenoxy) is 1. The topological polar surface area (TPSA) is 67.9 Å². The number of fused-ring (bicyclic) bond motifs is 1. The summed E-state index contributed by atoms with van der Waals surface area (Å²) in [5, 5.41) is 1.98. The predicted octanol–water partition coefficient (Wildman–Crippen LogP) is 4.73. The number of aliphatic imine (C=N–C) groups is 1. The van der Waals surface area contributed by atoms with Crippen LogP contribution in [-0.4, -0.2) is 42.8 Å². The monoisotopic (exact) mass is 425 g/mol. The van der Waals surface area contributed by atoms with Crippen LogP contribution in [0.25, 0.3) is 0 Å². The van der Waals surface area contributed by atoms with Crippen molar-refractivity contribution in [1.82, 2.24) is 4.90 Å². The van der Waals surface area contributed by atoms with Crippen LogP contribution in [0.5, 0.6) is 5.75 Å². The summed E-state index contributed by atoms with van der Waals surface area (Å²) in [6.45, 7) is 3.55. The van der Waals surface area contributed by atoms with Gasteiger partial charge in [0, 0.05) is 18.5 Å². The number of carbonyl (C=O) groups excluding carboxylic acids is 1. The molecule has 2 N–H and O–H groups in total. The summed E-state index contributed by atoms with van der Waals surface area (Å²) in [5.74, 6) is 2.06. The molecule has 0 aliphatic carbocycles. The fourth-order valence-corrected chi connectivity index (χ4v) is 5.38. The number of hydrogen-bond donors (Lipinski definition) is 1. The maximum Gasteiger partial charge on any atom is 0.170 e. The first-order valence-electron chi connectivity index (χ1n) is 10.9. The van der Waals surface area contributed by atoms with Gasteiger partial charge in [-0.2, -0.15) is 0 Å². The van der Waals surface area contributed by atoms with Gasteiger partial charge in [-0.1, -0.05) is 19.1 Å². The highest BCUT2D eigenvalue weighted by molar-refractivity contribution is 7.12. The maximum absolute atomic E-state index is 12.5. The van der Waals surface area contributed by atoms with Crippen LogP contribution in [0, 0.1) is 5.92 Å². The molecule has 30 heavy (non-hydrogen) atoms. The summed E-state index contributed by atoms with van der Waals surface area (Å²) in [7, 11) is 2.22. The van der Waals surface area contributed by atoms with E-state index in [1.54, 1.807) is 11.3 Å². The van der Waals surface area contributed by atoms with Gasteiger partial charge in [0.25, 0.3) is 0 Å². The van der Waals surface area contributed by atoms with E-state index in [0.717, 1.165) is 29.2 Å². The van der Waals surface area contributed by atoms with Gasteiger partial charge < -0.3 is 15.4 Å². The fourth-order valence-electron chi connectivity index (χ4n) is 4.76.